The van der Waals surface area contributed by atoms with Crippen molar-refractivity contribution < 1.29 is 17.7 Å². The summed E-state index contributed by atoms with van der Waals surface area (Å²) in [6.07, 6.45) is 0. The van der Waals surface area contributed by atoms with E-state index in [1.807, 2.05) is 30.3 Å². The Labute approximate surface area is 513 Å². The summed E-state index contributed by atoms with van der Waals surface area (Å²) < 4.78 is 31.3. The molecular formula is C84H48N2O4. The number of fused-ring (bicyclic) bond motifs is 20. The summed E-state index contributed by atoms with van der Waals surface area (Å²) in [5, 5.41) is 13.5. The first-order chi connectivity index (χ1) is 44.6. The van der Waals surface area contributed by atoms with Crippen LogP contribution in [-0.4, -0.2) is 9.13 Å². The first kappa shape index (κ1) is 49.0. The highest BCUT2D eigenvalue weighted by Gasteiger charge is 2.23. The van der Waals surface area contributed by atoms with Crippen LogP contribution in [0.5, 0.6) is 0 Å². The lowest BCUT2D eigenvalue weighted by Crippen LogP contribution is -1.94. The molecule has 0 aliphatic rings. The van der Waals surface area contributed by atoms with Crippen LogP contribution in [-0.2, 0) is 0 Å². The molecule has 0 N–H and O–H groups in total. The predicted octanol–water partition coefficient (Wildman–Crippen LogP) is 23.8. The fourth-order valence-corrected chi connectivity index (χ4v) is 14.7. The molecule has 0 aliphatic heterocycles. The summed E-state index contributed by atoms with van der Waals surface area (Å²) in [5.41, 5.74) is 24.8. The van der Waals surface area contributed by atoms with Gasteiger partial charge in [0.1, 0.15) is 33.5 Å². The Morgan fingerprint density at radius 1 is 0.200 bits per heavy atom. The zero-order valence-corrected chi connectivity index (χ0v) is 48.2. The van der Waals surface area contributed by atoms with Crippen molar-refractivity contribution in [3.05, 3.63) is 291 Å². The minimum absolute atomic E-state index is 0.842. The van der Waals surface area contributed by atoms with Crippen LogP contribution in [0.3, 0.4) is 0 Å². The number of furan rings is 4. The summed E-state index contributed by atoms with van der Waals surface area (Å²) in [6.45, 7) is 0. The molecule has 90 heavy (non-hydrogen) atoms. The molecule has 6 heteroatoms. The normalized spacial score (nSPS) is 12.2. The molecule has 0 radical (unpaired) electrons. The van der Waals surface area contributed by atoms with Crippen LogP contribution >= 0.6 is 0 Å². The second-order valence-corrected chi connectivity index (χ2v) is 23.8. The van der Waals surface area contributed by atoms with Crippen LogP contribution < -0.4 is 0 Å². The Morgan fingerprint density at radius 3 is 1.23 bits per heavy atom. The van der Waals surface area contributed by atoms with Crippen LogP contribution in [0.2, 0.25) is 0 Å². The Hall–Kier alpha value is -12.1. The van der Waals surface area contributed by atoms with E-state index in [2.05, 4.69) is 270 Å². The number of para-hydroxylation sites is 5. The lowest BCUT2D eigenvalue weighted by atomic mass is 9.97. The minimum atomic E-state index is 0.842. The van der Waals surface area contributed by atoms with E-state index in [-0.39, 0.29) is 0 Å². The molecule has 0 saturated heterocycles. The number of hydrogen-bond donors (Lipinski definition) is 0. The van der Waals surface area contributed by atoms with E-state index in [4.69, 9.17) is 17.7 Å². The summed E-state index contributed by atoms with van der Waals surface area (Å²) in [5.74, 6) is 0. The molecule has 6 nitrogen and oxygen atoms in total. The smallest absolute Gasteiger partial charge is 0.160 e. The zero-order chi connectivity index (χ0) is 58.7. The predicted molar refractivity (Wildman–Crippen MR) is 371 cm³/mol. The lowest BCUT2D eigenvalue weighted by Gasteiger charge is -2.11. The second kappa shape index (κ2) is 18.7. The first-order valence-corrected chi connectivity index (χ1v) is 30.6. The molecule has 20 aromatic rings. The quantitative estimate of drug-likeness (QED) is 0.160. The molecule has 0 bridgehead atoms. The van der Waals surface area contributed by atoms with Gasteiger partial charge in [-0.25, -0.2) is 0 Å². The lowest BCUT2D eigenvalue weighted by molar-refractivity contribution is 0.669. The number of benzene rings is 14. The molecule has 0 spiro atoms. The largest absolute Gasteiger partial charge is 0.456 e. The Bertz CT molecular complexity index is 6360. The Balaban J connectivity index is 0.675. The van der Waals surface area contributed by atoms with Crippen LogP contribution in [0.25, 0.3) is 198 Å². The average molecular weight is 1150 g/mol. The van der Waals surface area contributed by atoms with Crippen molar-refractivity contribution in [3.63, 3.8) is 0 Å². The summed E-state index contributed by atoms with van der Waals surface area (Å²) >= 11 is 0. The van der Waals surface area contributed by atoms with Gasteiger partial charge < -0.3 is 26.8 Å². The van der Waals surface area contributed by atoms with Gasteiger partial charge in [-0.3, -0.25) is 0 Å². The van der Waals surface area contributed by atoms with E-state index in [1.165, 1.54) is 5.39 Å². The third-order valence-corrected chi connectivity index (χ3v) is 19.0. The third-order valence-electron chi connectivity index (χ3n) is 19.0. The minimum Gasteiger partial charge on any atom is -0.456 e. The topological polar surface area (TPSA) is 62.4 Å². The monoisotopic (exact) mass is 1150 g/mol. The van der Waals surface area contributed by atoms with Crippen molar-refractivity contribution in [2.24, 2.45) is 0 Å². The Morgan fingerprint density at radius 2 is 0.589 bits per heavy atom. The van der Waals surface area contributed by atoms with Gasteiger partial charge in [0, 0.05) is 81.6 Å². The fraction of sp³-hybridized carbons (Fsp3) is 0. The molecule has 0 amide bonds. The summed E-state index contributed by atoms with van der Waals surface area (Å²) in [4.78, 5) is 0. The molecule has 0 saturated carbocycles. The molecule has 0 fully saturated rings. The molecule has 14 aromatic carbocycles. The Kier molecular flexibility index (Phi) is 10.2. The number of aromatic nitrogens is 2. The number of nitrogens with zero attached hydrogens (tertiary/aromatic N) is 2. The van der Waals surface area contributed by atoms with Gasteiger partial charge in [0.25, 0.3) is 0 Å². The fourth-order valence-electron chi connectivity index (χ4n) is 14.7. The van der Waals surface area contributed by atoms with Gasteiger partial charge in [-0.15, -0.1) is 0 Å². The van der Waals surface area contributed by atoms with Crippen LogP contribution in [0.4, 0.5) is 0 Å². The highest BCUT2D eigenvalue weighted by Crippen LogP contribution is 2.46. The molecule has 0 atom stereocenters. The van der Waals surface area contributed by atoms with E-state index in [0.29, 0.717) is 0 Å². The molecular weight excluding hydrogens is 1100 g/mol. The summed E-state index contributed by atoms with van der Waals surface area (Å²) in [6, 6.07) is 104. The molecule has 6 heterocycles. The van der Waals surface area contributed by atoms with Gasteiger partial charge >= 0.3 is 0 Å². The van der Waals surface area contributed by atoms with Gasteiger partial charge in [0.05, 0.1) is 22.1 Å². The third kappa shape index (κ3) is 7.15. The second-order valence-electron chi connectivity index (χ2n) is 23.8. The first-order valence-electron chi connectivity index (χ1n) is 30.6. The van der Waals surface area contributed by atoms with E-state index in [0.717, 1.165) is 193 Å². The van der Waals surface area contributed by atoms with Gasteiger partial charge in [0.2, 0.25) is 0 Å². The van der Waals surface area contributed by atoms with E-state index >= 15 is 0 Å². The van der Waals surface area contributed by atoms with Gasteiger partial charge in [-0.05, 0) is 135 Å². The van der Waals surface area contributed by atoms with E-state index in [9.17, 15) is 0 Å². The standard InChI is InChI=1S/C84H48N2O4/c1-5-18-72-61(11-1)65-43-45-69-71-47-55(36-46-77(71)90-84(69)80(65)85(72)57-37-31-51(32-38-57)50-25-29-54(30-26-50)60-16-9-17-67-63-12-2-6-19-74(63)88-82(60)67)56-35-41-62-66-42-44-68-64-13-3-7-20-75(64)89-83(68)81(66)86(73(62)48-56)58-39-33-52(34-40-58)49-23-27-53(28-24-49)59-15-10-22-78-79(59)70-14-4-8-21-76(70)87-78/h1-48H. The molecule has 20 rings (SSSR count). The van der Waals surface area contributed by atoms with E-state index in [1.54, 1.807) is 0 Å². The average Bonchev–Trinajstić information content (AvgIpc) is 1.79. The maximum absolute atomic E-state index is 7.03. The van der Waals surface area contributed by atoms with E-state index < -0.39 is 0 Å². The maximum atomic E-state index is 7.03. The van der Waals surface area contributed by atoms with Crippen molar-refractivity contribution in [2.75, 3.05) is 0 Å². The van der Waals surface area contributed by atoms with Crippen LogP contribution in [0.1, 0.15) is 0 Å². The van der Waals surface area contributed by atoms with Gasteiger partial charge in [0.15, 0.2) is 11.2 Å². The highest BCUT2D eigenvalue weighted by atomic mass is 16.3. The number of rotatable bonds is 7. The maximum Gasteiger partial charge on any atom is 0.160 e. The highest BCUT2D eigenvalue weighted by molar-refractivity contribution is 6.24. The molecule has 0 aliphatic carbocycles. The summed E-state index contributed by atoms with van der Waals surface area (Å²) in [7, 11) is 0. The molecule has 418 valence electrons. The molecule has 0 unspecified atom stereocenters. The van der Waals surface area contributed by atoms with Crippen molar-refractivity contribution in [1.82, 2.24) is 9.13 Å². The van der Waals surface area contributed by atoms with Crippen molar-refractivity contribution in [2.45, 2.75) is 0 Å². The zero-order valence-electron chi connectivity index (χ0n) is 48.2. The van der Waals surface area contributed by atoms with Gasteiger partial charge in [-0.1, -0.05) is 206 Å². The molecule has 6 aromatic heterocycles. The van der Waals surface area contributed by atoms with Crippen LogP contribution in [0.15, 0.2) is 309 Å². The number of hydrogen-bond acceptors (Lipinski definition) is 4. The van der Waals surface area contributed by atoms with Gasteiger partial charge in [-0.2, -0.15) is 0 Å². The van der Waals surface area contributed by atoms with Crippen LogP contribution in [0, 0.1) is 0 Å². The van der Waals surface area contributed by atoms with Crippen molar-refractivity contribution in [3.8, 4) is 67.0 Å². The van der Waals surface area contributed by atoms with Crippen molar-refractivity contribution in [1.29, 1.82) is 0 Å². The SMILES string of the molecule is c1ccc2c(c1)oc1c(-c3ccc(-c4ccc(-n5c6ccccc6c6ccc7c8cc(-c9ccc%10c%11ccc%12c%13ccccc%13oc%12c%11n(-c%11ccc(-c%12ccc(-c%13cccc%14oc%15ccccc%15c%13%14)cc%12)cc%11)c%10c9)ccc8oc7c65)cc4)cc3)cccc12. The van der Waals surface area contributed by atoms with Crippen molar-refractivity contribution >= 4 is 131 Å².